The van der Waals surface area contributed by atoms with Crippen LogP contribution in [0, 0.1) is 19.8 Å². The smallest absolute Gasteiger partial charge is 0.220 e. The molecule has 0 aromatic carbocycles. The first-order valence-corrected chi connectivity index (χ1v) is 6.93. The van der Waals surface area contributed by atoms with Crippen molar-refractivity contribution in [2.24, 2.45) is 5.92 Å². The van der Waals surface area contributed by atoms with Crippen molar-refractivity contribution in [1.82, 2.24) is 9.88 Å². The Morgan fingerprint density at radius 1 is 1.44 bits per heavy atom. The molecule has 0 spiro atoms. The van der Waals surface area contributed by atoms with Gasteiger partial charge in [-0.2, -0.15) is 0 Å². The van der Waals surface area contributed by atoms with Crippen LogP contribution in [0.25, 0.3) is 0 Å². The van der Waals surface area contributed by atoms with Gasteiger partial charge in [-0.3, -0.25) is 4.79 Å². The van der Waals surface area contributed by atoms with Crippen LogP contribution in [0.3, 0.4) is 0 Å². The molecule has 2 rings (SSSR count). The summed E-state index contributed by atoms with van der Waals surface area (Å²) < 4.78 is 2.42. The molecule has 0 saturated heterocycles. The molecule has 0 aliphatic heterocycles. The first-order valence-electron chi connectivity index (χ1n) is 6.93. The molecule has 1 fully saturated rings. The lowest BCUT2D eigenvalue weighted by atomic mass is 10.1. The van der Waals surface area contributed by atoms with Gasteiger partial charge in [0, 0.05) is 30.4 Å². The molecule has 1 N–H and O–H groups in total. The molecular formula is C15H24N2O. The number of aromatic nitrogens is 1. The standard InChI is InChI=1S/C15H24N2O/c1-10(2)7-15(18)16-9-13-8-11(3)17(12(13)4)14-5-6-14/h8,10,14H,5-7,9H2,1-4H3,(H,16,18). The fourth-order valence-electron chi connectivity index (χ4n) is 2.56. The number of nitrogens with one attached hydrogen (secondary N) is 1. The Bertz CT molecular complexity index is 442. The summed E-state index contributed by atoms with van der Waals surface area (Å²) in [5.74, 6) is 0.574. The topological polar surface area (TPSA) is 34.0 Å². The van der Waals surface area contributed by atoms with Crippen LogP contribution < -0.4 is 5.32 Å². The van der Waals surface area contributed by atoms with E-state index in [0.717, 1.165) is 0 Å². The van der Waals surface area contributed by atoms with E-state index in [1.807, 2.05) is 0 Å². The third kappa shape index (κ3) is 2.95. The van der Waals surface area contributed by atoms with Crippen molar-refractivity contribution in [3.05, 3.63) is 23.0 Å². The molecule has 1 saturated carbocycles. The lowest BCUT2D eigenvalue weighted by Crippen LogP contribution is -2.24. The van der Waals surface area contributed by atoms with E-state index in [1.54, 1.807) is 0 Å². The molecule has 0 unspecified atom stereocenters. The number of rotatable bonds is 5. The molecule has 3 heteroatoms. The molecule has 0 radical (unpaired) electrons. The fraction of sp³-hybridized carbons (Fsp3) is 0.667. The van der Waals surface area contributed by atoms with Gasteiger partial charge in [-0.15, -0.1) is 0 Å². The van der Waals surface area contributed by atoms with Crippen LogP contribution in [0.15, 0.2) is 6.07 Å². The Balaban J connectivity index is 1.97. The number of carbonyl (C=O) groups excluding carboxylic acids is 1. The first-order chi connectivity index (χ1) is 8.49. The van der Waals surface area contributed by atoms with Crippen LogP contribution in [-0.4, -0.2) is 10.5 Å². The maximum atomic E-state index is 11.7. The number of hydrogen-bond acceptors (Lipinski definition) is 1. The Hall–Kier alpha value is -1.25. The summed E-state index contributed by atoms with van der Waals surface area (Å²) in [7, 11) is 0. The van der Waals surface area contributed by atoms with Gasteiger partial charge in [-0.05, 0) is 44.2 Å². The van der Waals surface area contributed by atoms with Crippen molar-refractivity contribution in [2.45, 2.75) is 59.5 Å². The maximum absolute atomic E-state index is 11.7. The van der Waals surface area contributed by atoms with Crippen LogP contribution >= 0.6 is 0 Å². The molecule has 0 bridgehead atoms. The zero-order chi connectivity index (χ0) is 13.3. The van der Waals surface area contributed by atoms with Gasteiger partial charge < -0.3 is 9.88 Å². The lowest BCUT2D eigenvalue weighted by molar-refractivity contribution is -0.121. The van der Waals surface area contributed by atoms with Crippen molar-refractivity contribution in [3.8, 4) is 0 Å². The summed E-state index contributed by atoms with van der Waals surface area (Å²) in [6, 6.07) is 2.92. The summed E-state index contributed by atoms with van der Waals surface area (Å²) >= 11 is 0. The van der Waals surface area contributed by atoms with Gasteiger partial charge >= 0.3 is 0 Å². The molecule has 1 aromatic heterocycles. The fourth-order valence-corrected chi connectivity index (χ4v) is 2.56. The summed E-state index contributed by atoms with van der Waals surface area (Å²) in [6.45, 7) is 9.12. The van der Waals surface area contributed by atoms with Crippen LogP contribution in [-0.2, 0) is 11.3 Å². The SMILES string of the molecule is Cc1cc(CNC(=O)CC(C)C)c(C)n1C1CC1. The van der Waals surface area contributed by atoms with Crippen molar-refractivity contribution in [3.63, 3.8) is 0 Å². The Morgan fingerprint density at radius 3 is 2.67 bits per heavy atom. The van der Waals surface area contributed by atoms with Gasteiger partial charge in [0.05, 0.1) is 0 Å². The van der Waals surface area contributed by atoms with Crippen LogP contribution in [0.5, 0.6) is 0 Å². The minimum atomic E-state index is 0.154. The Morgan fingerprint density at radius 2 is 2.11 bits per heavy atom. The van der Waals surface area contributed by atoms with Crippen molar-refractivity contribution < 1.29 is 4.79 Å². The quantitative estimate of drug-likeness (QED) is 0.853. The second-order valence-corrected chi connectivity index (χ2v) is 5.87. The average Bonchev–Trinajstić information content (AvgIpc) is 3.03. The van der Waals surface area contributed by atoms with Crippen molar-refractivity contribution in [1.29, 1.82) is 0 Å². The second-order valence-electron chi connectivity index (χ2n) is 5.87. The Labute approximate surface area is 110 Å². The monoisotopic (exact) mass is 248 g/mol. The number of nitrogens with zero attached hydrogens (tertiary/aromatic N) is 1. The van der Waals surface area contributed by atoms with Crippen molar-refractivity contribution in [2.75, 3.05) is 0 Å². The number of hydrogen-bond donors (Lipinski definition) is 1. The second kappa shape index (κ2) is 5.17. The minimum Gasteiger partial charge on any atom is -0.352 e. The van der Waals surface area contributed by atoms with E-state index in [-0.39, 0.29) is 5.91 Å². The third-order valence-corrected chi connectivity index (χ3v) is 3.57. The van der Waals surface area contributed by atoms with Gasteiger partial charge in [0.15, 0.2) is 0 Å². The molecule has 1 heterocycles. The summed E-state index contributed by atoms with van der Waals surface area (Å²) in [4.78, 5) is 11.7. The normalized spacial score (nSPS) is 15.2. The molecule has 1 amide bonds. The van der Waals surface area contributed by atoms with E-state index in [9.17, 15) is 4.79 Å². The highest BCUT2D eigenvalue weighted by molar-refractivity contribution is 5.76. The zero-order valence-electron chi connectivity index (χ0n) is 11.9. The molecule has 1 aliphatic rings. The molecule has 1 aromatic rings. The van der Waals surface area contributed by atoms with Crippen LogP contribution in [0.2, 0.25) is 0 Å². The highest BCUT2D eigenvalue weighted by atomic mass is 16.1. The van der Waals surface area contributed by atoms with E-state index < -0.39 is 0 Å². The molecule has 0 atom stereocenters. The molecule has 3 nitrogen and oxygen atoms in total. The van der Waals surface area contributed by atoms with Gasteiger partial charge in [0.1, 0.15) is 0 Å². The van der Waals surface area contributed by atoms with Gasteiger partial charge in [-0.1, -0.05) is 13.8 Å². The van der Waals surface area contributed by atoms with Crippen LogP contribution in [0.4, 0.5) is 0 Å². The highest BCUT2D eigenvalue weighted by Gasteiger charge is 2.26. The minimum absolute atomic E-state index is 0.154. The summed E-state index contributed by atoms with van der Waals surface area (Å²) in [6.07, 6.45) is 3.21. The lowest BCUT2D eigenvalue weighted by Gasteiger charge is -2.09. The number of carbonyl (C=O) groups is 1. The average molecular weight is 248 g/mol. The molecule has 18 heavy (non-hydrogen) atoms. The molecule has 1 aliphatic carbocycles. The predicted octanol–water partition coefficient (Wildman–Crippen LogP) is 3.10. The predicted molar refractivity (Wildman–Crippen MR) is 73.5 cm³/mol. The maximum Gasteiger partial charge on any atom is 0.220 e. The first kappa shape index (κ1) is 13.2. The van der Waals surface area contributed by atoms with E-state index in [0.29, 0.717) is 24.9 Å². The Kier molecular flexibility index (Phi) is 3.79. The summed E-state index contributed by atoms with van der Waals surface area (Å²) in [5, 5.41) is 3.02. The van der Waals surface area contributed by atoms with Gasteiger partial charge in [-0.25, -0.2) is 0 Å². The largest absolute Gasteiger partial charge is 0.352 e. The third-order valence-electron chi connectivity index (χ3n) is 3.57. The summed E-state index contributed by atoms with van der Waals surface area (Å²) in [5.41, 5.74) is 3.90. The highest BCUT2D eigenvalue weighted by Crippen LogP contribution is 2.38. The number of amides is 1. The van der Waals surface area contributed by atoms with E-state index in [1.165, 1.54) is 29.8 Å². The van der Waals surface area contributed by atoms with Crippen LogP contribution in [0.1, 0.15) is 56.1 Å². The van der Waals surface area contributed by atoms with Crippen molar-refractivity contribution >= 4 is 5.91 Å². The van der Waals surface area contributed by atoms with Gasteiger partial charge in [0.25, 0.3) is 0 Å². The van der Waals surface area contributed by atoms with E-state index in [4.69, 9.17) is 0 Å². The van der Waals surface area contributed by atoms with E-state index >= 15 is 0 Å². The zero-order valence-corrected chi connectivity index (χ0v) is 11.9. The molecular weight excluding hydrogens is 224 g/mol. The number of aryl methyl sites for hydroxylation is 1. The van der Waals surface area contributed by atoms with Gasteiger partial charge in [0.2, 0.25) is 5.91 Å². The molecule has 100 valence electrons. The van der Waals surface area contributed by atoms with E-state index in [2.05, 4.69) is 43.6 Å².